The third-order valence-corrected chi connectivity index (χ3v) is 8.83. The van der Waals surface area contributed by atoms with E-state index in [4.69, 9.17) is 27.1 Å². The number of hydrogen-bond donors (Lipinski definition) is 1. The number of pyridine rings is 1. The fourth-order valence-electron chi connectivity index (χ4n) is 5.03. The fourth-order valence-corrected chi connectivity index (χ4v) is 6.19. The van der Waals surface area contributed by atoms with Crippen LogP contribution < -0.4 is 10.6 Å². The fraction of sp³-hybridized carbons (Fsp3) is 0.400. The number of fused-ring (bicyclic) bond motifs is 1. The van der Waals surface area contributed by atoms with Crippen molar-refractivity contribution in [2.75, 3.05) is 24.6 Å². The van der Waals surface area contributed by atoms with Gasteiger partial charge < -0.3 is 15.4 Å². The summed E-state index contributed by atoms with van der Waals surface area (Å²) in [5.74, 6) is 6.85. The minimum absolute atomic E-state index is 0.0489. The second-order valence-electron chi connectivity index (χ2n) is 9.54. The first-order chi connectivity index (χ1) is 17.9. The second-order valence-corrected chi connectivity index (χ2v) is 11.0. The van der Waals surface area contributed by atoms with E-state index in [1.54, 1.807) is 17.2 Å². The molecule has 2 saturated heterocycles. The highest BCUT2D eigenvalue weighted by atomic mass is 35.5. The van der Waals surface area contributed by atoms with E-state index in [1.165, 1.54) is 11.8 Å². The zero-order valence-electron chi connectivity index (χ0n) is 20.5. The first kappa shape index (κ1) is 24.2. The monoisotopic (exact) mass is 535 g/mol. The summed E-state index contributed by atoms with van der Waals surface area (Å²) in [7, 11) is 1.85. The third-order valence-electron chi connectivity index (χ3n) is 7.27. The van der Waals surface area contributed by atoms with E-state index >= 15 is 0 Å². The first-order valence-electron chi connectivity index (χ1n) is 12.1. The lowest BCUT2D eigenvalue weighted by Gasteiger charge is -2.41. The van der Waals surface area contributed by atoms with E-state index < -0.39 is 0 Å². The van der Waals surface area contributed by atoms with Crippen LogP contribution in [0.2, 0.25) is 5.02 Å². The lowest BCUT2D eigenvalue weighted by Crippen LogP contribution is -2.51. The molecule has 37 heavy (non-hydrogen) atoms. The summed E-state index contributed by atoms with van der Waals surface area (Å²) in [6.45, 7) is 4.50. The van der Waals surface area contributed by atoms with Crippen molar-refractivity contribution in [3.63, 3.8) is 0 Å². The predicted octanol–water partition coefficient (Wildman–Crippen LogP) is 2.79. The van der Waals surface area contributed by atoms with Gasteiger partial charge in [-0.1, -0.05) is 23.4 Å². The Balaban J connectivity index is 1.23. The largest absolute Gasteiger partial charge is 0.376 e. The Morgan fingerprint density at radius 2 is 2.03 bits per heavy atom. The van der Waals surface area contributed by atoms with Gasteiger partial charge in [-0.3, -0.25) is 4.68 Å². The minimum atomic E-state index is 0.0489. The van der Waals surface area contributed by atoms with Crippen LogP contribution in [-0.4, -0.2) is 66.2 Å². The topological polar surface area (TPSA) is 112 Å². The Hall–Kier alpha value is -3.17. The molecule has 0 radical (unpaired) electrons. The molecule has 190 valence electrons. The Bertz CT molecular complexity index is 1520. The van der Waals surface area contributed by atoms with Crippen LogP contribution in [0.25, 0.3) is 5.65 Å². The maximum atomic E-state index is 6.69. The summed E-state index contributed by atoms with van der Waals surface area (Å²) in [5.41, 5.74) is 8.41. The number of hydrogen-bond acceptors (Lipinski definition) is 9. The van der Waals surface area contributed by atoms with E-state index in [0.29, 0.717) is 16.4 Å². The molecule has 0 aromatic carbocycles. The van der Waals surface area contributed by atoms with Crippen LogP contribution in [0.3, 0.4) is 0 Å². The Morgan fingerprint density at radius 1 is 1.19 bits per heavy atom. The lowest BCUT2D eigenvalue weighted by atomic mass is 9.73. The van der Waals surface area contributed by atoms with Gasteiger partial charge in [-0.2, -0.15) is 5.10 Å². The summed E-state index contributed by atoms with van der Waals surface area (Å²) in [4.78, 5) is 13.1. The first-order valence-corrected chi connectivity index (χ1v) is 13.3. The van der Waals surface area contributed by atoms with Crippen molar-refractivity contribution in [3.05, 3.63) is 53.5 Å². The van der Waals surface area contributed by atoms with E-state index in [-0.39, 0.29) is 17.6 Å². The SMILES string of the molecule is C[C@@H]1OCC2(CCN(c3ncc(Sc4ccnc(C#Cc5ccn(C)n5)c4Cl)c4nncn34)CC2)[C@@H]1N. The van der Waals surface area contributed by atoms with Gasteiger partial charge in [0.05, 0.1) is 22.6 Å². The molecule has 2 N–H and O–H groups in total. The molecule has 0 aliphatic carbocycles. The Kier molecular flexibility index (Phi) is 6.28. The molecule has 4 aromatic rings. The van der Waals surface area contributed by atoms with E-state index in [9.17, 15) is 0 Å². The number of nitrogens with zero attached hydrogens (tertiary/aromatic N) is 8. The number of anilines is 1. The Labute approximate surface area is 223 Å². The molecule has 2 aliphatic heterocycles. The van der Waals surface area contributed by atoms with Gasteiger partial charge in [0.2, 0.25) is 5.95 Å². The van der Waals surface area contributed by atoms with Gasteiger partial charge in [-0.25, -0.2) is 14.4 Å². The van der Waals surface area contributed by atoms with Crippen molar-refractivity contribution >= 4 is 35.0 Å². The molecule has 1 spiro atoms. The number of aryl methyl sites for hydroxylation is 1. The molecule has 2 aliphatic rings. The maximum Gasteiger partial charge on any atom is 0.212 e. The Morgan fingerprint density at radius 3 is 2.76 bits per heavy atom. The van der Waals surface area contributed by atoms with Crippen LogP contribution >= 0.6 is 23.4 Å². The summed E-state index contributed by atoms with van der Waals surface area (Å²) in [6, 6.07) is 3.77. The third kappa shape index (κ3) is 4.44. The predicted molar refractivity (Wildman–Crippen MR) is 141 cm³/mol. The van der Waals surface area contributed by atoms with Crippen molar-refractivity contribution in [2.24, 2.45) is 18.2 Å². The minimum Gasteiger partial charge on any atom is -0.376 e. The van der Waals surface area contributed by atoms with Crippen LogP contribution in [-0.2, 0) is 11.8 Å². The average Bonchev–Trinajstić information content (AvgIpc) is 3.63. The van der Waals surface area contributed by atoms with Crippen molar-refractivity contribution < 1.29 is 4.74 Å². The summed E-state index contributed by atoms with van der Waals surface area (Å²) >= 11 is 8.15. The van der Waals surface area contributed by atoms with Crippen LogP contribution in [0.4, 0.5) is 5.95 Å². The summed E-state index contributed by atoms with van der Waals surface area (Å²) in [5, 5.41) is 13.3. The van der Waals surface area contributed by atoms with Gasteiger partial charge in [0, 0.05) is 55.1 Å². The van der Waals surface area contributed by atoms with Crippen LogP contribution in [0.1, 0.15) is 31.2 Å². The molecular weight excluding hydrogens is 510 g/mol. The van der Waals surface area contributed by atoms with Crippen molar-refractivity contribution in [1.82, 2.24) is 34.3 Å². The molecule has 0 unspecified atom stereocenters. The summed E-state index contributed by atoms with van der Waals surface area (Å²) in [6.07, 6.45) is 9.11. The highest BCUT2D eigenvalue weighted by molar-refractivity contribution is 7.99. The second kappa shape index (κ2) is 9.61. The smallest absolute Gasteiger partial charge is 0.212 e. The lowest BCUT2D eigenvalue weighted by molar-refractivity contribution is 0.0973. The number of piperidine rings is 1. The maximum absolute atomic E-state index is 6.69. The number of halogens is 1. The molecule has 2 fully saturated rings. The molecule has 0 amide bonds. The van der Waals surface area contributed by atoms with Gasteiger partial charge in [-0.15, -0.1) is 10.2 Å². The average molecular weight is 536 g/mol. The van der Waals surface area contributed by atoms with Gasteiger partial charge in [0.1, 0.15) is 17.7 Å². The normalized spacial score (nSPS) is 20.9. The molecule has 6 rings (SSSR count). The quantitative estimate of drug-likeness (QED) is 0.396. The van der Waals surface area contributed by atoms with E-state index in [1.807, 2.05) is 36.0 Å². The highest BCUT2D eigenvalue weighted by Gasteiger charge is 2.47. The van der Waals surface area contributed by atoms with E-state index in [0.717, 1.165) is 53.9 Å². The number of rotatable bonds is 3. The van der Waals surface area contributed by atoms with Gasteiger partial charge >= 0.3 is 0 Å². The number of ether oxygens (including phenoxy) is 1. The molecular formula is C25H26ClN9OS. The molecule has 10 nitrogen and oxygen atoms in total. The van der Waals surface area contributed by atoms with E-state index in [2.05, 4.69) is 43.9 Å². The van der Waals surface area contributed by atoms with Crippen LogP contribution in [0.5, 0.6) is 0 Å². The number of nitrogens with two attached hydrogens (primary N) is 1. The van der Waals surface area contributed by atoms with Gasteiger partial charge in [-0.05, 0) is 43.7 Å². The molecule has 6 heterocycles. The zero-order chi connectivity index (χ0) is 25.6. The molecule has 4 aromatic heterocycles. The van der Waals surface area contributed by atoms with Crippen molar-refractivity contribution in [1.29, 1.82) is 0 Å². The molecule has 0 bridgehead atoms. The summed E-state index contributed by atoms with van der Waals surface area (Å²) < 4.78 is 9.51. The molecule has 0 saturated carbocycles. The highest BCUT2D eigenvalue weighted by Crippen LogP contribution is 2.42. The zero-order valence-corrected chi connectivity index (χ0v) is 22.1. The van der Waals surface area contributed by atoms with Crippen LogP contribution in [0.15, 0.2) is 46.8 Å². The van der Waals surface area contributed by atoms with Crippen molar-refractivity contribution in [2.45, 2.75) is 41.7 Å². The van der Waals surface area contributed by atoms with Gasteiger partial charge in [0.15, 0.2) is 5.65 Å². The standard InChI is InChI=1S/C25H26ClN9OS/c1-16-22(27)25(14-36-16)7-11-34(12-8-25)24-29-13-20(23-31-30-15-35(23)24)37-19-5-9-28-18(21(19)26)4-3-17-6-10-33(2)32-17/h5-6,9-10,13,15-16,22H,7-8,11-12,14,27H2,1-2H3/t16-,22+/m0/s1. The van der Waals surface area contributed by atoms with Crippen molar-refractivity contribution in [3.8, 4) is 11.8 Å². The van der Waals surface area contributed by atoms with Gasteiger partial charge in [0.25, 0.3) is 0 Å². The van der Waals surface area contributed by atoms with Crippen LogP contribution in [0, 0.1) is 17.3 Å². The molecule has 2 atom stereocenters. The molecule has 12 heteroatoms. The number of aromatic nitrogens is 7.